The van der Waals surface area contributed by atoms with E-state index in [-0.39, 0.29) is 23.2 Å². The maximum Gasteiger partial charge on any atom is 0.410 e. The molecule has 8 heteroatoms. The molecular formula is C28H36BrNO5S. The minimum atomic E-state index is -3.09. The number of carbonyl (C=O) groups is 1. The summed E-state index contributed by atoms with van der Waals surface area (Å²) in [5, 5.41) is 0.693. The lowest BCUT2D eigenvalue weighted by Crippen LogP contribution is -2.52. The molecule has 1 saturated heterocycles. The van der Waals surface area contributed by atoms with Crippen LogP contribution >= 0.6 is 15.9 Å². The van der Waals surface area contributed by atoms with Crippen molar-refractivity contribution < 1.29 is 22.7 Å². The number of rotatable bonds is 6. The van der Waals surface area contributed by atoms with E-state index in [4.69, 9.17) is 9.47 Å². The van der Waals surface area contributed by atoms with Crippen molar-refractivity contribution in [3.63, 3.8) is 0 Å². The normalized spacial score (nSPS) is 17.4. The summed E-state index contributed by atoms with van der Waals surface area (Å²) < 4.78 is 36.6. The van der Waals surface area contributed by atoms with Gasteiger partial charge in [-0.3, -0.25) is 0 Å². The fraction of sp³-hybridized carbons (Fsp3) is 0.536. The van der Waals surface area contributed by atoms with Gasteiger partial charge in [-0.1, -0.05) is 46.3 Å². The van der Waals surface area contributed by atoms with Crippen LogP contribution < -0.4 is 4.74 Å². The third-order valence-electron chi connectivity index (χ3n) is 6.83. The van der Waals surface area contributed by atoms with Crippen LogP contribution in [0.15, 0.2) is 42.5 Å². The van der Waals surface area contributed by atoms with Gasteiger partial charge in [0.25, 0.3) is 0 Å². The Morgan fingerprint density at radius 3 is 2.36 bits per heavy atom. The van der Waals surface area contributed by atoms with Gasteiger partial charge in [-0.2, -0.15) is 0 Å². The van der Waals surface area contributed by atoms with Crippen molar-refractivity contribution in [1.29, 1.82) is 0 Å². The van der Waals surface area contributed by atoms with E-state index in [0.29, 0.717) is 24.8 Å². The van der Waals surface area contributed by atoms with Crippen molar-refractivity contribution in [3.8, 4) is 16.9 Å². The van der Waals surface area contributed by atoms with E-state index < -0.39 is 15.4 Å². The average molecular weight is 579 g/mol. The van der Waals surface area contributed by atoms with Crippen LogP contribution in [0.5, 0.6) is 5.75 Å². The second-order valence-corrected chi connectivity index (χ2v) is 13.9. The van der Waals surface area contributed by atoms with E-state index in [2.05, 4.69) is 28.1 Å². The van der Waals surface area contributed by atoms with Crippen LogP contribution in [0.1, 0.15) is 57.6 Å². The third kappa shape index (κ3) is 6.82. The number of likely N-dealkylation sites (tertiary alicyclic amines) is 1. The van der Waals surface area contributed by atoms with Crippen LogP contribution in [0.4, 0.5) is 4.79 Å². The number of amides is 1. The van der Waals surface area contributed by atoms with Crippen LogP contribution in [-0.2, 0) is 26.7 Å². The van der Waals surface area contributed by atoms with Crippen molar-refractivity contribution in [2.45, 2.75) is 69.8 Å². The van der Waals surface area contributed by atoms with E-state index in [1.54, 1.807) is 4.90 Å². The Hall–Kier alpha value is -2.06. The summed E-state index contributed by atoms with van der Waals surface area (Å²) in [6.07, 6.45) is 3.83. The highest BCUT2D eigenvalue weighted by Gasteiger charge is 2.41. The Labute approximate surface area is 223 Å². The Kier molecular flexibility index (Phi) is 8.05. The van der Waals surface area contributed by atoms with Crippen LogP contribution in [0, 0.1) is 0 Å². The van der Waals surface area contributed by atoms with Crippen LogP contribution in [-0.4, -0.2) is 54.8 Å². The van der Waals surface area contributed by atoms with Gasteiger partial charge in [0.15, 0.2) is 9.84 Å². The molecule has 1 fully saturated rings. The molecule has 2 aliphatic rings. The number of benzene rings is 2. The van der Waals surface area contributed by atoms with Gasteiger partial charge >= 0.3 is 6.09 Å². The van der Waals surface area contributed by atoms with Crippen molar-refractivity contribution in [2.24, 2.45) is 0 Å². The minimum Gasteiger partial charge on any atom is -0.487 e. The van der Waals surface area contributed by atoms with E-state index in [9.17, 15) is 13.2 Å². The Morgan fingerprint density at radius 2 is 1.72 bits per heavy atom. The highest BCUT2D eigenvalue weighted by atomic mass is 79.9. The number of hydrogen-bond donors (Lipinski definition) is 0. The molecule has 0 atom stereocenters. The topological polar surface area (TPSA) is 72.9 Å². The molecule has 0 saturated carbocycles. The van der Waals surface area contributed by atoms with Gasteiger partial charge in [0.2, 0.25) is 0 Å². The number of sulfone groups is 1. The van der Waals surface area contributed by atoms with Gasteiger partial charge < -0.3 is 14.4 Å². The number of carbonyl (C=O) groups excluding carboxylic acids is 1. The standard InChI is InChI=1S/C28H36BrNO5S/c1-27(2,3)35-26(31)30-16-13-28(14-17-30)12-11-24-19-23(9-10-25(24)34-28)22-7-5-21(6-8-22)20-36(32,33)18-4-15-29/h5-10,19H,4,11-18,20H2,1-3H3. The quantitative estimate of drug-likeness (QED) is 0.385. The van der Waals surface area contributed by atoms with Gasteiger partial charge in [-0.15, -0.1) is 0 Å². The monoisotopic (exact) mass is 577 g/mol. The van der Waals surface area contributed by atoms with Crippen molar-refractivity contribution >= 4 is 31.9 Å². The first-order valence-electron chi connectivity index (χ1n) is 12.6. The minimum absolute atomic E-state index is 0.0751. The smallest absolute Gasteiger partial charge is 0.410 e. The molecule has 196 valence electrons. The molecule has 6 nitrogen and oxygen atoms in total. The Bertz CT molecular complexity index is 1180. The fourth-order valence-electron chi connectivity index (χ4n) is 4.87. The molecule has 0 unspecified atom stereocenters. The molecule has 2 aromatic rings. The number of halogens is 1. The number of fused-ring (bicyclic) bond motifs is 1. The molecule has 36 heavy (non-hydrogen) atoms. The summed E-state index contributed by atoms with van der Waals surface area (Å²) in [6, 6.07) is 14.1. The summed E-state index contributed by atoms with van der Waals surface area (Å²) in [6.45, 7) is 6.94. The predicted octanol–water partition coefficient (Wildman–Crippen LogP) is 6.15. The molecule has 1 spiro atoms. The molecule has 2 aliphatic heterocycles. The summed E-state index contributed by atoms with van der Waals surface area (Å²) >= 11 is 3.29. The molecule has 0 N–H and O–H groups in total. The molecule has 0 aliphatic carbocycles. The zero-order valence-corrected chi connectivity index (χ0v) is 23.8. The lowest BCUT2D eigenvalue weighted by atomic mass is 9.82. The van der Waals surface area contributed by atoms with Crippen molar-refractivity contribution in [2.75, 3.05) is 24.2 Å². The highest BCUT2D eigenvalue weighted by Crippen LogP contribution is 2.41. The first kappa shape index (κ1) is 27.0. The van der Waals surface area contributed by atoms with E-state index >= 15 is 0 Å². The van der Waals surface area contributed by atoms with Gasteiger partial charge in [-0.05, 0) is 74.4 Å². The fourth-order valence-corrected chi connectivity index (χ4v) is 6.95. The van der Waals surface area contributed by atoms with Gasteiger partial charge in [0.1, 0.15) is 17.0 Å². The first-order chi connectivity index (χ1) is 17.0. The third-order valence-corrected chi connectivity index (χ3v) is 9.07. The Morgan fingerprint density at radius 1 is 1.06 bits per heavy atom. The van der Waals surface area contributed by atoms with Gasteiger partial charge in [0.05, 0.1) is 11.5 Å². The zero-order valence-electron chi connectivity index (χ0n) is 21.4. The molecule has 0 bridgehead atoms. The summed E-state index contributed by atoms with van der Waals surface area (Å²) in [7, 11) is -3.09. The van der Waals surface area contributed by atoms with Gasteiger partial charge in [0, 0.05) is 31.3 Å². The number of alkyl halides is 1. The molecule has 1 amide bonds. The predicted molar refractivity (Wildman–Crippen MR) is 147 cm³/mol. The van der Waals surface area contributed by atoms with Gasteiger partial charge in [-0.25, -0.2) is 13.2 Å². The summed E-state index contributed by atoms with van der Waals surface area (Å²) in [5.74, 6) is 1.20. The average Bonchev–Trinajstić information content (AvgIpc) is 2.82. The molecule has 4 rings (SSSR count). The first-order valence-corrected chi connectivity index (χ1v) is 15.6. The number of nitrogens with zero attached hydrogens (tertiary/aromatic N) is 1. The van der Waals surface area contributed by atoms with E-state index in [0.717, 1.165) is 48.1 Å². The lowest BCUT2D eigenvalue weighted by Gasteiger charge is -2.44. The van der Waals surface area contributed by atoms with Crippen LogP contribution in [0.3, 0.4) is 0 Å². The van der Waals surface area contributed by atoms with Crippen molar-refractivity contribution in [1.82, 2.24) is 4.90 Å². The summed E-state index contributed by atoms with van der Waals surface area (Å²) in [5.41, 5.74) is 3.44. The number of hydrogen-bond acceptors (Lipinski definition) is 5. The van der Waals surface area contributed by atoms with Crippen LogP contribution in [0.25, 0.3) is 11.1 Å². The molecular weight excluding hydrogens is 542 g/mol. The second kappa shape index (κ2) is 10.7. The number of ether oxygens (including phenoxy) is 2. The second-order valence-electron chi connectivity index (χ2n) is 10.9. The molecule has 2 heterocycles. The maximum atomic E-state index is 12.4. The van der Waals surface area contributed by atoms with Crippen molar-refractivity contribution in [3.05, 3.63) is 53.6 Å². The van der Waals surface area contributed by atoms with E-state index in [1.165, 1.54) is 5.56 Å². The Balaban J connectivity index is 1.38. The molecule has 0 radical (unpaired) electrons. The zero-order chi connectivity index (χ0) is 26.0. The molecule has 2 aromatic carbocycles. The summed E-state index contributed by atoms with van der Waals surface area (Å²) in [4.78, 5) is 14.2. The highest BCUT2D eigenvalue weighted by molar-refractivity contribution is 9.09. The van der Waals surface area contributed by atoms with Crippen LogP contribution in [0.2, 0.25) is 0 Å². The molecule has 0 aromatic heterocycles. The maximum absolute atomic E-state index is 12.4. The van der Waals surface area contributed by atoms with E-state index in [1.807, 2.05) is 51.1 Å². The SMILES string of the molecule is CC(C)(C)OC(=O)N1CCC2(CCc3cc(-c4ccc(CS(=O)(=O)CCCBr)cc4)ccc3O2)CC1. The number of aryl methyl sites for hydroxylation is 1. The number of piperidine rings is 1. The lowest BCUT2D eigenvalue weighted by molar-refractivity contribution is -0.0272. The largest absolute Gasteiger partial charge is 0.487 e.